The molecule has 11 heavy (non-hydrogen) atoms. The van der Waals surface area contributed by atoms with Gasteiger partial charge in [-0.2, -0.15) is 8.42 Å². The lowest BCUT2D eigenvalue weighted by molar-refractivity contribution is 0.403. The van der Waals surface area contributed by atoms with Gasteiger partial charge in [0.05, 0.1) is 6.42 Å². The third kappa shape index (κ3) is 3.68. The average Bonchev–Trinajstić information content (AvgIpc) is 1.79. The van der Waals surface area contributed by atoms with E-state index in [1.54, 1.807) is 0 Å². The molecule has 62 valence electrons. The molecule has 2 N–H and O–H groups in total. The van der Waals surface area contributed by atoms with Gasteiger partial charge in [-0.05, 0) is 0 Å². The molecule has 0 aliphatic carbocycles. The summed E-state index contributed by atoms with van der Waals surface area (Å²) in [6.07, 6.45) is 0.0857. The minimum Gasteiger partial charge on any atom is -0.289 e. The lowest BCUT2D eigenvalue weighted by atomic mass is 10.3. The highest BCUT2D eigenvalue weighted by atomic mass is 32.2. The van der Waals surface area contributed by atoms with Crippen molar-refractivity contribution in [3.05, 3.63) is 0 Å². The zero-order valence-electron chi connectivity index (χ0n) is 5.27. The Balaban J connectivity index is 4.44. The lowest BCUT2D eigenvalue weighted by Gasteiger charge is -2.00. The first-order valence-electron chi connectivity index (χ1n) is 2.46. The van der Waals surface area contributed by atoms with Crippen molar-refractivity contribution in [2.24, 2.45) is 0 Å². The van der Waals surface area contributed by atoms with Crippen LogP contribution in [0.25, 0.3) is 0 Å². The number of carbonyl (C=O) groups excluding carboxylic acids is 1. The van der Waals surface area contributed by atoms with E-state index in [2.05, 4.69) is 0 Å². The summed E-state index contributed by atoms with van der Waals surface area (Å²) in [7, 11) is -4.57. The van der Waals surface area contributed by atoms with E-state index in [4.69, 9.17) is 9.96 Å². The number of hydrogen-bond donors (Lipinski definition) is 2. The second kappa shape index (κ2) is 3.44. The molecule has 1 atom stereocenters. The predicted molar refractivity (Wildman–Crippen MR) is 34.1 cm³/mol. The summed E-state index contributed by atoms with van der Waals surface area (Å²) >= 11 is 0. The second-order valence-corrected chi connectivity index (χ2v) is 3.35. The fourth-order valence-corrected chi connectivity index (χ4v) is 0.860. The van der Waals surface area contributed by atoms with Crippen molar-refractivity contribution in [1.29, 1.82) is 5.41 Å². The molecule has 0 aromatic heterocycles. The molecule has 0 aliphatic rings. The molecule has 0 saturated heterocycles. The van der Waals surface area contributed by atoms with E-state index in [9.17, 15) is 18.3 Å². The highest BCUT2D eigenvalue weighted by molar-refractivity contribution is 7.87. The maximum absolute atomic E-state index is 10.2. The summed E-state index contributed by atoms with van der Waals surface area (Å²) in [5.74, 6) is -1.24. The van der Waals surface area contributed by atoms with Crippen LogP contribution in [0, 0.1) is 5.41 Å². The van der Waals surface area contributed by atoms with Gasteiger partial charge in [0.15, 0.2) is 5.25 Å². The molecule has 2 radical (unpaired) electrons. The van der Waals surface area contributed by atoms with Gasteiger partial charge in [0.1, 0.15) is 0 Å². The summed E-state index contributed by atoms with van der Waals surface area (Å²) in [6.45, 7) is 0. The normalized spacial score (nSPS) is 13.9. The Morgan fingerprint density at radius 2 is 2.09 bits per heavy atom. The van der Waals surface area contributed by atoms with E-state index in [1.165, 1.54) is 0 Å². The minimum atomic E-state index is -4.57. The molecule has 0 heterocycles. The Morgan fingerprint density at radius 1 is 1.64 bits per heavy atom. The highest BCUT2D eigenvalue weighted by Gasteiger charge is 2.25. The average molecular weight is 179 g/mol. The lowest BCUT2D eigenvalue weighted by Crippen LogP contribution is -2.24. The molecule has 0 bridgehead atoms. The third-order valence-corrected chi connectivity index (χ3v) is 1.84. The molecule has 1 unspecified atom stereocenters. The van der Waals surface area contributed by atoms with Crippen molar-refractivity contribution in [1.82, 2.24) is 0 Å². The van der Waals surface area contributed by atoms with E-state index in [-0.39, 0.29) is 0 Å². The van der Waals surface area contributed by atoms with Crippen molar-refractivity contribution in [2.45, 2.75) is 11.7 Å². The first-order valence-corrected chi connectivity index (χ1v) is 3.96. The van der Waals surface area contributed by atoms with Gasteiger partial charge in [-0.3, -0.25) is 19.9 Å². The van der Waals surface area contributed by atoms with Crippen molar-refractivity contribution in [3.8, 4) is 0 Å². The van der Waals surface area contributed by atoms with Crippen LogP contribution in [0.4, 0.5) is 0 Å². The van der Waals surface area contributed by atoms with Crippen LogP contribution in [0.3, 0.4) is 0 Å². The monoisotopic (exact) mass is 179 g/mol. The number of rotatable bonds is 4. The first-order chi connectivity index (χ1) is 4.88. The van der Waals surface area contributed by atoms with E-state index in [0.717, 1.165) is 6.29 Å². The Morgan fingerprint density at radius 3 is 2.18 bits per heavy atom. The van der Waals surface area contributed by atoms with Gasteiger partial charge < -0.3 is 0 Å². The minimum absolute atomic E-state index is 0.859. The van der Waals surface area contributed by atoms with Crippen LogP contribution in [0.2, 0.25) is 0 Å². The maximum Gasteiger partial charge on any atom is 0.276 e. The van der Waals surface area contributed by atoms with E-state index < -0.39 is 27.7 Å². The molecule has 0 spiro atoms. The van der Waals surface area contributed by atoms with Gasteiger partial charge in [0.2, 0.25) is 12.2 Å². The SMILES string of the molecule is N=C([O])CC([C]=O)S(=O)(=O)O. The molecule has 6 nitrogen and oxygen atoms in total. The molecule has 0 rings (SSSR count). The van der Waals surface area contributed by atoms with Gasteiger partial charge in [-0.25, -0.2) is 0 Å². The molecule has 0 aromatic rings. The van der Waals surface area contributed by atoms with Gasteiger partial charge in [-0.15, -0.1) is 0 Å². The van der Waals surface area contributed by atoms with Crippen LogP contribution >= 0.6 is 0 Å². The van der Waals surface area contributed by atoms with Crippen LogP contribution in [-0.4, -0.2) is 30.4 Å². The molecule has 7 heteroatoms. The third-order valence-electron chi connectivity index (χ3n) is 0.862. The largest absolute Gasteiger partial charge is 0.289 e. The van der Waals surface area contributed by atoms with Crippen molar-refractivity contribution in [3.63, 3.8) is 0 Å². The number of nitrogens with one attached hydrogen (secondary N) is 1. The summed E-state index contributed by atoms with van der Waals surface area (Å²) in [5, 5.41) is 14.3. The zero-order chi connectivity index (χ0) is 9.07. The fraction of sp³-hybridized carbons (Fsp3) is 0.500. The van der Waals surface area contributed by atoms with Crippen LogP contribution in [-0.2, 0) is 20.0 Å². The van der Waals surface area contributed by atoms with Gasteiger partial charge in [0, 0.05) is 0 Å². The van der Waals surface area contributed by atoms with Crippen molar-refractivity contribution in [2.75, 3.05) is 0 Å². The maximum atomic E-state index is 10.2. The summed E-state index contributed by atoms with van der Waals surface area (Å²) in [4.78, 5) is 9.79. The highest BCUT2D eigenvalue weighted by Crippen LogP contribution is 2.00. The molecular formula is C4H5NO5S. The Bertz CT molecular complexity index is 256. The smallest absolute Gasteiger partial charge is 0.276 e. The van der Waals surface area contributed by atoms with Crippen LogP contribution < -0.4 is 0 Å². The zero-order valence-corrected chi connectivity index (χ0v) is 6.09. The first kappa shape index (κ1) is 10.0. The molecule has 0 amide bonds. The van der Waals surface area contributed by atoms with Crippen LogP contribution in [0.15, 0.2) is 0 Å². The predicted octanol–water partition coefficient (Wildman–Crippen LogP) is -0.850. The molecule has 0 aliphatic heterocycles. The molecule has 0 saturated carbocycles. The van der Waals surface area contributed by atoms with Gasteiger partial charge in [-0.1, -0.05) is 0 Å². The molecular weight excluding hydrogens is 174 g/mol. The topological polar surface area (TPSA) is 115 Å². The van der Waals surface area contributed by atoms with Crippen LogP contribution in [0.1, 0.15) is 6.42 Å². The van der Waals surface area contributed by atoms with E-state index in [1.807, 2.05) is 0 Å². The Kier molecular flexibility index (Phi) is 3.15. The Labute approximate surface area is 63.1 Å². The summed E-state index contributed by atoms with van der Waals surface area (Å²) in [6, 6.07) is 0. The fourth-order valence-electron chi connectivity index (χ4n) is 0.376. The standard InChI is InChI=1S/C4H5NO5S/c5-4(7)1-3(2-6)11(8,9)10/h3,5H,1H2,(H,8,9,10). The second-order valence-electron chi connectivity index (χ2n) is 1.75. The van der Waals surface area contributed by atoms with Crippen molar-refractivity contribution >= 4 is 22.3 Å². The van der Waals surface area contributed by atoms with Crippen LogP contribution in [0.5, 0.6) is 0 Å². The molecule has 0 fully saturated rings. The molecule has 0 aromatic carbocycles. The van der Waals surface area contributed by atoms with E-state index in [0.29, 0.717) is 0 Å². The van der Waals surface area contributed by atoms with Crippen molar-refractivity contribution < 1.29 is 22.9 Å². The Hall–Kier alpha value is -0.950. The number of hydrogen-bond acceptors (Lipinski definition) is 4. The van der Waals surface area contributed by atoms with Gasteiger partial charge in [0.25, 0.3) is 10.1 Å². The quantitative estimate of drug-likeness (QED) is 0.332. The summed E-state index contributed by atoms with van der Waals surface area (Å²) < 4.78 is 28.5. The summed E-state index contributed by atoms with van der Waals surface area (Å²) in [5.41, 5.74) is 0. The van der Waals surface area contributed by atoms with E-state index >= 15 is 0 Å². The van der Waals surface area contributed by atoms with Gasteiger partial charge >= 0.3 is 0 Å².